The minimum atomic E-state index is -3.43. The van der Waals surface area contributed by atoms with Crippen LogP contribution in [0.5, 0.6) is 0 Å². The maximum Gasteiger partial charge on any atom is 0.260 e. The predicted molar refractivity (Wildman–Crippen MR) is 78.8 cm³/mol. The molecule has 0 spiro atoms. The van der Waals surface area contributed by atoms with Crippen molar-refractivity contribution in [3.63, 3.8) is 0 Å². The topological polar surface area (TPSA) is 62.3 Å². The number of aromatic nitrogens is 1. The van der Waals surface area contributed by atoms with Crippen LogP contribution < -0.4 is 5.32 Å². The van der Waals surface area contributed by atoms with Crippen LogP contribution in [0.2, 0.25) is 0 Å². The second kappa shape index (κ2) is 6.65. The first-order valence-electron chi connectivity index (χ1n) is 7.16. The van der Waals surface area contributed by atoms with Crippen LogP contribution >= 0.6 is 0 Å². The van der Waals surface area contributed by atoms with E-state index in [0.29, 0.717) is 12.5 Å². The normalized spacial score (nSPS) is 15.8. The average molecular weight is 297 g/mol. The Labute approximate surface area is 121 Å². The summed E-state index contributed by atoms with van der Waals surface area (Å²) in [6.07, 6.45) is 4.98. The summed E-state index contributed by atoms with van der Waals surface area (Å²) in [5.41, 5.74) is 1.00. The Morgan fingerprint density at radius 2 is 2.15 bits per heavy atom. The van der Waals surface area contributed by atoms with Gasteiger partial charge in [-0.2, -0.15) is 4.31 Å². The van der Waals surface area contributed by atoms with Crippen LogP contribution in [-0.2, 0) is 16.6 Å². The summed E-state index contributed by atoms with van der Waals surface area (Å²) in [7, 11) is -1.80. The fourth-order valence-corrected chi connectivity index (χ4v) is 3.15. The summed E-state index contributed by atoms with van der Waals surface area (Å²) >= 11 is 0. The van der Waals surface area contributed by atoms with Gasteiger partial charge in [-0.1, -0.05) is 13.0 Å². The van der Waals surface area contributed by atoms with Gasteiger partial charge in [-0.3, -0.25) is 0 Å². The van der Waals surface area contributed by atoms with Gasteiger partial charge in [0.1, 0.15) is 0 Å². The third kappa shape index (κ3) is 4.01. The molecule has 1 aliphatic carbocycles. The molecule has 1 fully saturated rings. The molecular formula is C14H23N3O2S. The number of hydrogen-bond donors (Lipinski definition) is 1. The molecule has 112 valence electrons. The van der Waals surface area contributed by atoms with E-state index in [1.165, 1.54) is 4.31 Å². The van der Waals surface area contributed by atoms with Crippen molar-refractivity contribution in [2.45, 2.75) is 37.8 Å². The minimum Gasteiger partial charge on any atom is -0.313 e. The van der Waals surface area contributed by atoms with Gasteiger partial charge in [-0.25, -0.2) is 13.4 Å². The molecule has 0 saturated heterocycles. The second-order valence-corrected chi connectivity index (χ2v) is 7.40. The molecule has 0 amide bonds. The Kier molecular flexibility index (Phi) is 5.12. The highest BCUT2D eigenvalue weighted by molar-refractivity contribution is 7.89. The zero-order valence-electron chi connectivity index (χ0n) is 12.2. The maximum absolute atomic E-state index is 12.3. The van der Waals surface area contributed by atoms with E-state index in [0.717, 1.165) is 37.9 Å². The first-order valence-corrected chi connectivity index (χ1v) is 8.60. The molecule has 1 saturated carbocycles. The Bertz CT molecular complexity index is 524. The van der Waals surface area contributed by atoms with Gasteiger partial charge in [0.2, 0.25) is 0 Å². The summed E-state index contributed by atoms with van der Waals surface area (Å²) in [5.74, 6) is 0.535. The van der Waals surface area contributed by atoms with E-state index in [1.807, 2.05) is 6.07 Å². The van der Waals surface area contributed by atoms with Crippen molar-refractivity contribution in [2.75, 3.05) is 20.1 Å². The van der Waals surface area contributed by atoms with Crippen LogP contribution in [0, 0.1) is 5.92 Å². The van der Waals surface area contributed by atoms with Gasteiger partial charge in [0.05, 0.1) is 0 Å². The van der Waals surface area contributed by atoms with Crippen LogP contribution in [-0.4, -0.2) is 37.8 Å². The molecule has 0 bridgehead atoms. The summed E-state index contributed by atoms with van der Waals surface area (Å²) in [6.45, 7) is 4.38. The van der Waals surface area contributed by atoms with Crippen LogP contribution in [0.25, 0.3) is 0 Å². The van der Waals surface area contributed by atoms with Gasteiger partial charge >= 0.3 is 0 Å². The van der Waals surface area contributed by atoms with Crippen molar-refractivity contribution in [1.82, 2.24) is 14.6 Å². The van der Waals surface area contributed by atoms with Gasteiger partial charge in [0.15, 0.2) is 5.03 Å². The van der Waals surface area contributed by atoms with E-state index in [1.54, 1.807) is 19.3 Å². The smallest absolute Gasteiger partial charge is 0.260 e. The molecule has 5 nitrogen and oxygen atoms in total. The minimum absolute atomic E-state index is 0.139. The van der Waals surface area contributed by atoms with E-state index in [4.69, 9.17) is 0 Å². The first-order chi connectivity index (χ1) is 9.54. The molecule has 1 aliphatic rings. The van der Waals surface area contributed by atoms with Gasteiger partial charge in [0, 0.05) is 26.3 Å². The lowest BCUT2D eigenvalue weighted by Gasteiger charge is -2.16. The third-order valence-corrected chi connectivity index (χ3v) is 5.18. The Hall–Kier alpha value is -0.980. The standard InChI is InChI=1S/C14H23N3O2S/c1-3-8-15-9-13-6-7-14(16-10-13)20(18,19)17(2)11-12-4-5-12/h6-7,10,12,15H,3-5,8-9,11H2,1-2H3. The number of nitrogens with one attached hydrogen (secondary N) is 1. The van der Waals surface area contributed by atoms with Crippen molar-refractivity contribution < 1.29 is 8.42 Å². The van der Waals surface area contributed by atoms with E-state index in [-0.39, 0.29) is 5.03 Å². The average Bonchev–Trinajstić information content (AvgIpc) is 3.23. The van der Waals surface area contributed by atoms with Gasteiger partial charge in [-0.15, -0.1) is 0 Å². The lowest BCUT2D eigenvalue weighted by atomic mass is 10.3. The van der Waals surface area contributed by atoms with E-state index < -0.39 is 10.0 Å². The molecule has 1 aromatic rings. The number of rotatable bonds is 8. The predicted octanol–water partition coefficient (Wildman–Crippen LogP) is 1.61. The SMILES string of the molecule is CCCNCc1ccc(S(=O)(=O)N(C)CC2CC2)nc1. The quantitative estimate of drug-likeness (QED) is 0.741. The Morgan fingerprint density at radius 1 is 1.40 bits per heavy atom. The largest absolute Gasteiger partial charge is 0.313 e. The van der Waals surface area contributed by atoms with E-state index >= 15 is 0 Å². The molecule has 0 aliphatic heterocycles. The van der Waals surface area contributed by atoms with Crippen molar-refractivity contribution in [1.29, 1.82) is 0 Å². The molecule has 20 heavy (non-hydrogen) atoms. The summed E-state index contributed by atoms with van der Waals surface area (Å²) in [6, 6.07) is 3.43. The molecule has 1 aromatic heterocycles. The van der Waals surface area contributed by atoms with E-state index in [2.05, 4.69) is 17.2 Å². The van der Waals surface area contributed by atoms with Crippen molar-refractivity contribution >= 4 is 10.0 Å². The lowest BCUT2D eigenvalue weighted by Crippen LogP contribution is -2.29. The zero-order chi connectivity index (χ0) is 14.6. The van der Waals surface area contributed by atoms with Gasteiger partial charge in [-0.05, 0) is 43.4 Å². The third-order valence-electron chi connectivity index (χ3n) is 3.44. The van der Waals surface area contributed by atoms with Crippen molar-refractivity contribution in [3.05, 3.63) is 23.9 Å². The molecule has 0 atom stereocenters. The highest BCUT2D eigenvalue weighted by atomic mass is 32.2. The molecule has 2 rings (SSSR count). The number of pyridine rings is 1. The van der Waals surface area contributed by atoms with Crippen LogP contribution in [0.4, 0.5) is 0 Å². The molecular weight excluding hydrogens is 274 g/mol. The molecule has 6 heteroatoms. The molecule has 1 N–H and O–H groups in total. The fraction of sp³-hybridized carbons (Fsp3) is 0.643. The molecule has 0 unspecified atom stereocenters. The zero-order valence-corrected chi connectivity index (χ0v) is 13.0. The maximum atomic E-state index is 12.3. The number of hydrogen-bond acceptors (Lipinski definition) is 4. The van der Waals surface area contributed by atoms with Crippen molar-refractivity contribution in [2.24, 2.45) is 5.92 Å². The first kappa shape index (κ1) is 15.4. The molecule has 0 aromatic carbocycles. The monoisotopic (exact) mass is 297 g/mol. The summed E-state index contributed by atoms with van der Waals surface area (Å²) in [5, 5.41) is 3.41. The number of sulfonamides is 1. The highest BCUT2D eigenvalue weighted by Gasteiger charge is 2.29. The lowest BCUT2D eigenvalue weighted by molar-refractivity contribution is 0.450. The van der Waals surface area contributed by atoms with Crippen LogP contribution in [0.1, 0.15) is 31.7 Å². The van der Waals surface area contributed by atoms with E-state index in [9.17, 15) is 8.42 Å². The Morgan fingerprint density at radius 3 is 2.70 bits per heavy atom. The van der Waals surface area contributed by atoms with Gasteiger partial charge < -0.3 is 5.32 Å². The van der Waals surface area contributed by atoms with Crippen LogP contribution in [0.3, 0.4) is 0 Å². The Balaban J connectivity index is 2.00. The second-order valence-electron chi connectivity index (χ2n) is 5.41. The molecule has 0 radical (unpaired) electrons. The van der Waals surface area contributed by atoms with Crippen LogP contribution in [0.15, 0.2) is 23.4 Å². The van der Waals surface area contributed by atoms with Crippen molar-refractivity contribution in [3.8, 4) is 0 Å². The fourth-order valence-electron chi connectivity index (χ4n) is 2.00. The van der Waals surface area contributed by atoms with Gasteiger partial charge in [0.25, 0.3) is 10.0 Å². The highest BCUT2D eigenvalue weighted by Crippen LogP contribution is 2.30. The summed E-state index contributed by atoms with van der Waals surface area (Å²) < 4.78 is 26.0. The number of nitrogens with zero attached hydrogens (tertiary/aromatic N) is 2. The summed E-state index contributed by atoms with van der Waals surface area (Å²) in [4.78, 5) is 4.11. The molecule has 1 heterocycles.